The van der Waals surface area contributed by atoms with Crippen LogP contribution in [0.4, 0.5) is 0 Å². The number of H-pyrrole nitrogens is 1. The third kappa shape index (κ3) is 2.32. The van der Waals surface area contributed by atoms with Crippen LogP contribution in [0.5, 0.6) is 0 Å². The highest BCUT2D eigenvalue weighted by Gasteiger charge is 2.22. The summed E-state index contributed by atoms with van der Waals surface area (Å²) in [5.74, 6) is 0.595. The largest absolute Gasteiger partial charge is 0.326 e. The molecule has 0 amide bonds. The number of rotatable bonds is 3. The summed E-state index contributed by atoms with van der Waals surface area (Å²) in [6, 6.07) is 6.13. The molecule has 19 heavy (non-hydrogen) atoms. The third-order valence-corrected chi connectivity index (χ3v) is 4.19. The summed E-state index contributed by atoms with van der Waals surface area (Å²) < 4.78 is 1.91. The summed E-state index contributed by atoms with van der Waals surface area (Å²) in [5.41, 5.74) is 3.21. The minimum Gasteiger partial charge on any atom is -0.306 e. The number of hydrogen-bond donors (Lipinski definition) is 1. The predicted molar refractivity (Wildman–Crippen MR) is 77.5 cm³/mol. The van der Waals surface area contributed by atoms with Crippen molar-refractivity contribution in [2.24, 2.45) is 5.92 Å². The molecule has 1 aromatic carbocycles. The van der Waals surface area contributed by atoms with Crippen LogP contribution in [-0.4, -0.2) is 34.1 Å². The van der Waals surface area contributed by atoms with Crippen molar-refractivity contribution in [1.29, 1.82) is 0 Å². The van der Waals surface area contributed by atoms with Crippen LogP contribution >= 0.6 is 0 Å². The van der Waals surface area contributed by atoms with Crippen molar-refractivity contribution in [3.8, 4) is 0 Å². The average molecular weight is 259 g/mol. The van der Waals surface area contributed by atoms with Crippen LogP contribution in [0.3, 0.4) is 0 Å². The van der Waals surface area contributed by atoms with Crippen LogP contribution in [0.25, 0.3) is 11.0 Å². The van der Waals surface area contributed by atoms with Crippen molar-refractivity contribution in [2.45, 2.75) is 26.8 Å². The maximum absolute atomic E-state index is 12.1. The number of nitrogens with zero attached hydrogens (tertiary/aromatic N) is 2. The lowest BCUT2D eigenvalue weighted by Crippen LogP contribution is -2.25. The van der Waals surface area contributed by atoms with Gasteiger partial charge in [-0.3, -0.25) is 4.57 Å². The molecule has 4 nitrogen and oxygen atoms in total. The molecule has 0 aliphatic carbocycles. The first-order chi connectivity index (χ1) is 9.17. The fourth-order valence-electron chi connectivity index (χ4n) is 3.05. The zero-order chi connectivity index (χ0) is 13.4. The first-order valence-corrected chi connectivity index (χ1v) is 7.09. The van der Waals surface area contributed by atoms with Crippen molar-refractivity contribution < 1.29 is 0 Å². The molecule has 0 bridgehead atoms. The molecule has 1 saturated heterocycles. The van der Waals surface area contributed by atoms with Gasteiger partial charge in [0.2, 0.25) is 0 Å². The second-order valence-electron chi connectivity index (χ2n) is 5.61. The molecule has 1 N–H and O–H groups in total. The van der Waals surface area contributed by atoms with Crippen LogP contribution in [0, 0.1) is 12.8 Å². The summed E-state index contributed by atoms with van der Waals surface area (Å²) in [4.78, 5) is 17.5. The Kier molecular flexibility index (Phi) is 3.19. The highest BCUT2D eigenvalue weighted by molar-refractivity contribution is 5.75. The van der Waals surface area contributed by atoms with Crippen molar-refractivity contribution in [2.75, 3.05) is 19.6 Å². The molecule has 4 heteroatoms. The van der Waals surface area contributed by atoms with E-state index < -0.39 is 0 Å². The van der Waals surface area contributed by atoms with E-state index in [0.29, 0.717) is 5.92 Å². The van der Waals surface area contributed by atoms with Gasteiger partial charge in [-0.05, 0) is 50.0 Å². The Hall–Kier alpha value is -1.55. The molecular formula is C15H21N3O. The molecule has 1 aliphatic heterocycles. The molecule has 3 rings (SSSR count). The Labute approximate surface area is 113 Å². The zero-order valence-electron chi connectivity index (χ0n) is 11.6. The maximum atomic E-state index is 12.1. The number of aryl methyl sites for hydroxylation is 1. The number of fused-ring (bicyclic) bond motifs is 1. The lowest BCUT2D eigenvalue weighted by molar-refractivity contribution is 0.333. The van der Waals surface area contributed by atoms with Gasteiger partial charge < -0.3 is 9.88 Å². The summed E-state index contributed by atoms with van der Waals surface area (Å²) in [6.45, 7) is 8.48. The Morgan fingerprint density at radius 1 is 1.42 bits per heavy atom. The minimum absolute atomic E-state index is 0.0237. The number of imidazole rings is 1. The molecular weight excluding hydrogens is 238 g/mol. The highest BCUT2D eigenvalue weighted by atomic mass is 16.1. The fraction of sp³-hybridized carbons (Fsp3) is 0.533. The van der Waals surface area contributed by atoms with E-state index in [1.54, 1.807) is 0 Å². The number of hydrogen-bond acceptors (Lipinski definition) is 2. The SMILES string of the molecule is CCN1CCC(Cn2c(=O)[nH]c3ccc(C)cc32)C1. The van der Waals surface area contributed by atoms with Crippen LogP contribution < -0.4 is 5.69 Å². The van der Waals surface area contributed by atoms with Crippen molar-refractivity contribution in [3.63, 3.8) is 0 Å². The Bertz CT molecular complexity index is 640. The van der Waals surface area contributed by atoms with Gasteiger partial charge in [-0.25, -0.2) is 4.79 Å². The van der Waals surface area contributed by atoms with E-state index in [9.17, 15) is 4.79 Å². The van der Waals surface area contributed by atoms with Gasteiger partial charge in [0.15, 0.2) is 0 Å². The Morgan fingerprint density at radius 3 is 3.00 bits per heavy atom. The molecule has 102 valence electrons. The zero-order valence-corrected chi connectivity index (χ0v) is 11.6. The molecule has 0 radical (unpaired) electrons. The predicted octanol–water partition coefficient (Wildman–Crippen LogP) is 1.98. The van der Waals surface area contributed by atoms with E-state index in [0.717, 1.165) is 37.2 Å². The van der Waals surface area contributed by atoms with Crippen LogP contribution in [0.15, 0.2) is 23.0 Å². The lowest BCUT2D eigenvalue weighted by atomic mass is 10.1. The second-order valence-corrected chi connectivity index (χ2v) is 5.61. The quantitative estimate of drug-likeness (QED) is 0.915. The van der Waals surface area contributed by atoms with Crippen molar-refractivity contribution >= 4 is 11.0 Å². The maximum Gasteiger partial charge on any atom is 0.326 e. The molecule has 1 atom stereocenters. The Balaban J connectivity index is 1.90. The molecule has 2 aromatic rings. The number of nitrogens with one attached hydrogen (secondary N) is 1. The van der Waals surface area contributed by atoms with Crippen molar-refractivity contribution in [1.82, 2.24) is 14.5 Å². The minimum atomic E-state index is 0.0237. The molecule has 1 aromatic heterocycles. The van der Waals surface area contributed by atoms with Crippen LogP contribution in [0.2, 0.25) is 0 Å². The molecule has 1 fully saturated rings. The number of aromatic amines is 1. The average Bonchev–Trinajstić information content (AvgIpc) is 2.96. The second kappa shape index (κ2) is 4.85. The van der Waals surface area contributed by atoms with Gasteiger partial charge in [-0.1, -0.05) is 13.0 Å². The van der Waals surface area contributed by atoms with Crippen molar-refractivity contribution in [3.05, 3.63) is 34.2 Å². The lowest BCUT2D eigenvalue weighted by Gasteiger charge is -2.13. The first kappa shape index (κ1) is 12.5. The molecule has 0 saturated carbocycles. The fourth-order valence-corrected chi connectivity index (χ4v) is 3.05. The highest BCUT2D eigenvalue weighted by Crippen LogP contribution is 2.20. The molecule has 0 spiro atoms. The van der Waals surface area contributed by atoms with E-state index in [1.807, 2.05) is 16.7 Å². The summed E-state index contributed by atoms with van der Waals surface area (Å²) >= 11 is 0. The monoisotopic (exact) mass is 259 g/mol. The standard InChI is InChI=1S/C15H21N3O/c1-3-17-7-6-12(9-17)10-18-14-8-11(2)4-5-13(14)16-15(18)19/h4-5,8,12H,3,6-7,9-10H2,1-2H3,(H,16,19). The van der Waals surface area contributed by atoms with Crippen LogP contribution in [-0.2, 0) is 6.54 Å². The summed E-state index contributed by atoms with van der Waals surface area (Å²) in [6.07, 6.45) is 1.19. The van der Waals surface area contributed by atoms with Gasteiger partial charge in [0.1, 0.15) is 0 Å². The van der Waals surface area contributed by atoms with Gasteiger partial charge in [0, 0.05) is 13.1 Å². The first-order valence-electron chi connectivity index (χ1n) is 7.09. The summed E-state index contributed by atoms with van der Waals surface area (Å²) in [5, 5.41) is 0. The van der Waals surface area contributed by atoms with Gasteiger partial charge in [0.05, 0.1) is 11.0 Å². The van der Waals surface area contributed by atoms with Gasteiger partial charge in [0.25, 0.3) is 0 Å². The molecule has 2 heterocycles. The normalized spacial score (nSPS) is 20.4. The van der Waals surface area contributed by atoms with E-state index in [-0.39, 0.29) is 5.69 Å². The van der Waals surface area contributed by atoms with E-state index in [4.69, 9.17) is 0 Å². The Morgan fingerprint density at radius 2 is 2.26 bits per heavy atom. The van der Waals surface area contributed by atoms with Gasteiger partial charge in [-0.2, -0.15) is 0 Å². The van der Waals surface area contributed by atoms with Crippen LogP contribution in [0.1, 0.15) is 18.9 Å². The van der Waals surface area contributed by atoms with E-state index >= 15 is 0 Å². The van der Waals surface area contributed by atoms with Gasteiger partial charge >= 0.3 is 5.69 Å². The van der Waals surface area contributed by atoms with Gasteiger partial charge in [-0.15, -0.1) is 0 Å². The molecule has 1 unspecified atom stereocenters. The number of aromatic nitrogens is 2. The topological polar surface area (TPSA) is 41.0 Å². The van der Waals surface area contributed by atoms with E-state index in [2.05, 4.69) is 29.8 Å². The van der Waals surface area contributed by atoms with E-state index in [1.165, 1.54) is 12.0 Å². The smallest absolute Gasteiger partial charge is 0.306 e. The third-order valence-electron chi connectivity index (χ3n) is 4.19. The summed E-state index contributed by atoms with van der Waals surface area (Å²) in [7, 11) is 0. The number of benzene rings is 1. The molecule has 1 aliphatic rings. The number of likely N-dealkylation sites (tertiary alicyclic amines) is 1.